The highest BCUT2D eigenvalue weighted by atomic mass is 35.5. The summed E-state index contributed by atoms with van der Waals surface area (Å²) < 4.78 is 5.44. The van der Waals surface area contributed by atoms with Gasteiger partial charge in [-0.15, -0.1) is 0 Å². The average molecular weight is 280 g/mol. The summed E-state index contributed by atoms with van der Waals surface area (Å²) in [5.41, 5.74) is 1.66. The monoisotopic (exact) mass is 279 g/mol. The van der Waals surface area contributed by atoms with Gasteiger partial charge in [-0.3, -0.25) is 4.79 Å². The van der Waals surface area contributed by atoms with Crippen molar-refractivity contribution in [3.63, 3.8) is 0 Å². The number of carbonyl (C=O) groups is 1. The molecule has 0 saturated heterocycles. The number of amides is 1. The lowest BCUT2D eigenvalue weighted by Gasteiger charge is -2.16. The van der Waals surface area contributed by atoms with E-state index < -0.39 is 0 Å². The van der Waals surface area contributed by atoms with Gasteiger partial charge in [0.1, 0.15) is 5.58 Å². The van der Waals surface area contributed by atoms with Crippen LogP contribution in [0.1, 0.15) is 25.3 Å². The summed E-state index contributed by atoms with van der Waals surface area (Å²) in [7, 11) is 1.84. The summed E-state index contributed by atoms with van der Waals surface area (Å²) >= 11 is 5.98. The number of nitrogens with zero attached hydrogens (tertiary/aromatic N) is 1. The maximum atomic E-state index is 12.1. The second-order valence-corrected chi connectivity index (χ2v) is 5.18. The minimum absolute atomic E-state index is 0.108. The van der Waals surface area contributed by atoms with Crippen molar-refractivity contribution in [2.75, 3.05) is 13.6 Å². The molecule has 1 amide bonds. The van der Waals surface area contributed by atoms with Crippen molar-refractivity contribution in [3.05, 3.63) is 35.0 Å². The molecule has 0 spiro atoms. The van der Waals surface area contributed by atoms with E-state index in [1.165, 1.54) is 0 Å². The summed E-state index contributed by atoms with van der Waals surface area (Å²) in [5, 5.41) is 1.58. The molecular weight excluding hydrogens is 262 g/mol. The van der Waals surface area contributed by atoms with E-state index in [0.717, 1.165) is 35.9 Å². The van der Waals surface area contributed by atoms with Crippen molar-refractivity contribution in [2.45, 2.75) is 26.2 Å². The van der Waals surface area contributed by atoms with Crippen LogP contribution in [0.2, 0.25) is 5.02 Å². The molecule has 102 valence electrons. The predicted octanol–water partition coefficient (Wildman–Crippen LogP) is 3.89. The summed E-state index contributed by atoms with van der Waals surface area (Å²) in [6.07, 6.45) is 4.11. The molecule has 1 aromatic carbocycles. The number of unbranched alkanes of at least 4 members (excludes halogenated alkanes) is 1. The third kappa shape index (κ3) is 3.29. The van der Waals surface area contributed by atoms with Gasteiger partial charge in [-0.1, -0.05) is 24.9 Å². The van der Waals surface area contributed by atoms with Crippen LogP contribution in [0.5, 0.6) is 0 Å². The summed E-state index contributed by atoms with van der Waals surface area (Å²) in [6.45, 7) is 2.91. The Morgan fingerprint density at radius 2 is 2.21 bits per heavy atom. The number of fused-ring (bicyclic) bond motifs is 1. The third-order valence-electron chi connectivity index (χ3n) is 3.23. The molecular formula is C15H18ClNO2. The molecule has 1 heterocycles. The molecule has 0 fully saturated rings. The van der Waals surface area contributed by atoms with Crippen LogP contribution in [0.25, 0.3) is 11.0 Å². The molecule has 0 saturated carbocycles. The minimum atomic E-state index is 0.108. The Morgan fingerprint density at radius 1 is 1.42 bits per heavy atom. The smallest absolute Gasteiger partial charge is 0.226 e. The van der Waals surface area contributed by atoms with E-state index in [1.54, 1.807) is 17.2 Å². The molecule has 0 aliphatic carbocycles. The first-order valence-corrected chi connectivity index (χ1v) is 6.89. The topological polar surface area (TPSA) is 33.5 Å². The second kappa shape index (κ2) is 6.11. The number of hydrogen-bond donors (Lipinski definition) is 0. The van der Waals surface area contributed by atoms with Gasteiger partial charge in [-0.2, -0.15) is 0 Å². The highest BCUT2D eigenvalue weighted by molar-refractivity contribution is 6.31. The van der Waals surface area contributed by atoms with Crippen molar-refractivity contribution in [3.8, 4) is 0 Å². The number of carbonyl (C=O) groups excluding carboxylic acids is 1. The molecule has 0 bridgehead atoms. The molecule has 1 aromatic heterocycles. The Bertz CT molecular complexity index is 577. The standard InChI is InChI=1S/C15H18ClNO2/c1-3-4-7-17(2)15(18)8-11-10-19-14-6-5-12(16)9-13(11)14/h5-6,9-10H,3-4,7-8H2,1-2H3. The normalized spacial score (nSPS) is 10.9. The molecule has 4 heteroatoms. The third-order valence-corrected chi connectivity index (χ3v) is 3.47. The SMILES string of the molecule is CCCCN(C)C(=O)Cc1coc2ccc(Cl)cc12. The van der Waals surface area contributed by atoms with Crippen molar-refractivity contribution < 1.29 is 9.21 Å². The fraction of sp³-hybridized carbons (Fsp3) is 0.400. The first-order valence-electron chi connectivity index (χ1n) is 6.51. The first-order chi connectivity index (χ1) is 9.11. The number of furan rings is 1. The fourth-order valence-electron chi connectivity index (χ4n) is 2.01. The van der Waals surface area contributed by atoms with Gasteiger partial charge in [0.05, 0.1) is 12.7 Å². The number of halogens is 1. The van der Waals surface area contributed by atoms with Crippen LogP contribution in [0.3, 0.4) is 0 Å². The largest absolute Gasteiger partial charge is 0.464 e. The summed E-state index contributed by atoms with van der Waals surface area (Å²) in [6, 6.07) is 5.45. The van der Waals surface area contributed by atoms with Crippen LogP contribution in [-0.2, 0) is 11.2 Å². The molecule has 2 aromatic rings. The van der Waals surface area contributed by atoms with E-state index in [1.807, 2.05) is 19.2 Å². The Balaban J connectivity index is 2.12. The molecule has 2 rings (SSSR count). The van der Waals surface area contributed by atoms with Gasteiger partial charge in [-0.05, 0) is 24.6 Å². The van der Waals surface area contributed by atoms with Gasteiger partial charge in [-0.25, -0.2) is 0 Å². The maximum absolute atomic E-state index is 12.1. The van der Waals surface area contributed by atoms with E-state index >= 15 is 0 Å². The zero-order chi connectivity index (χ0) is 13.8. The molecule has 0 unspecified atom stereocenters. The summed E-state index contributed by atoms with van der Waals surface area (Å²) in [4.78, 5) is 13.9. The summed E-state index contributed by atoms with van der Waals surface area (Å²) in [5.74, 6) is 0.108. The molecule has 3 nitrogen and oxygen atoms in total. The Kier molecular flexibility index (Phi) is 4.48. The number of rotatable bonds is 5. The van der Waals surface area contributed by atoms with Crippen molar-refractivity contribution in [2.24, 2.45) is 0 Å². The number of benzene rings is 1. The molecule has 19 heavy (non-hydrogen) atoms. The highest BCUT2D eigenvalue weighted by Gasteiger charge is 2.13. The first kappa shape index (κ1) is 13.9. The van der Waals surface area contributed by atoms with Crippen LogP contribution in [-0.4, -0.2) is 24.4 Å². The fourth-order valence-corrected chi connectivity index (χ4v) is 2.18. The van der Waals surface area contributed by atoms with Crippen molar-refractivity contribution >= 4 is 28.5 Å². The highest BCUT2D eigenvalue weighted by Crippen LogP contribution is 2.25. The lowest BCUT2D eigenvalue weighted by atomic mass is 10.1. The van der Waals surface area contributed by atoms with Gasteiger partial charge < -0.3 is 9.32 Å². The molecule has 0 N–H and O–H groups in total. The van der Waals surface area contributed by atoms with Crippen LogP contribution < -0.4 is 0 Å². The van der Waals surface area contributed by atoms with E-state index in [4.69, 9.17) is 16.0 Å². The van der Waals surface area contributed by atoms with Crippen LogP contribution in [0.4, 0.5) is 0 Å². The van der Waals surface area contributed by atoms with E-state index in [2.05, 4.69) is 6.92 Å². The van der Waals surface area contributed by atoms with E-state index in [0.29, 0.717) is 11.4 Å². The lowest BCUT2D eigenvalue weighted by Crippen LogP contribution is -2.29. The quantitative estimate of drug-likeness (QED) is 0.832. The Hall–Kier alpha value is -1.48. The predicted molar refractivity (Wildman–Crippen MR) is 77.5 cm³/mol. The van der Waals surface area contributed by atoms with Crippen molar-refractivity contribution in [1.82, 2.24) is 4.90 Å². The van der Waals surface area contributed by atoms with Crippen LogP contribution in [0.15, 0.2) is 28.9 Å². The van der Waals surface area contributed by atoms with Gasteiger partial charge in [0, 0.05) is 29.6 Å². The maximum Gasteiger partial charge on any atom is 0.226 e. The second-order valence-electron chi connectivity index (χ2n) is 4.75. The molecule has 0 radical (unpaired) electrons. The minimum Gasteiger partial charge on any atom is -0.464 e. The Morgan fingerprint density at radius 3 is 2.95 bits per heavy atom. The molecule has 0 aliphatic heterocycles. The van der Waals surface area contributed by atoms with Crippen LogP contribution >= 0.6 is 11.6 Å². The number of likely N-dealkylation sites (N-methyl/N-ethyl adjacent to an activating group) is 1. The molecule has 0 aliphatic rings. The van der Waals surface area contributed by atoms with Gasteiger partial charge in [0.25, 0.3) is 0 Å². The van der Waals surface area contributed by atoms with E-state index in [-0.39, 0.29) is 5.91 Å². The zero-order valence-corrected chi connectivity index (χ0v) is 12.0. The van der Waals surface area contributed by atoms with Gasteiger partial charge in [0.15, 0.2) is 0 Å². The van der Waals surface area contributed by atoms with E-state index in [9.17, 15) is 4.79 Å². The Labute approximate surface area is 118 Å². The van der Waals surface area contributed by atoms with Crippen molar-refractivity contribution in [1.29, 1.82) is 0 Å². The number of hydrogen-bond acceptors (Lipinski definition) is 2. The van der Waals surface area contributed by atoms with Gasteiger partial charge >= 0.3 is 0 Å². The lowest BCUT2D eigenvalue weighted by molar-refractivity contribution is -0.129. The average Bonchev–Trinajstić information content (AvgIpc) is 2.78. The van der Waals surface area contributed by atoms with Gasteiger partial charge in [0.2, 0.25) is 5.91 Å². The molecule has 0 atom stereocenters. The van der Waals surface area contributed by atoms with Crippen LogP contribution in [0, 0.1) is 0 Å². The zero-order valence-electron chi connectivity index (χ0n) is 11.3.